The van der Waals surface area contributed by atoms with Crippen LogP contribution in [0.3, 0.4) is 0 Å². The van der Waals surface area contributed by atoms with Gasteiger partial charge in [0.2, 0.25) is 5.95 Å². The summed E-state index contributed by atoms with van der Waals surface area (Å²) in [6, 6.07) is 1.99. The molecule has 0 atom stereocenters. The second-order valence-corrected chi connectivity index (χ2v) is 4.57. The fourth-order valence-corrected chi connectivity index (χ4v) is 2.52. The summed E-state index contributed by atoms with van der Waals surface area (Å²) < 4.78 is 1.04. The third-order valence-electron chi connectivity index (χ3n) is 2.44. The molecule has 0 aliphatic heterocycles. The molecule has 1 N–H and O–H groups in total. The van der Waals surface area contributed by atoms with Crippen molar-refractivity contribution in [2.45, 2.75) is 6.92 Å². The van der Waals surface area contributed by atoms with Crippen LogP contribution in [0.1, 0.15) is 6.92 Å². The average molecular weight is 257 g/mol. The molecule has 6 heteroatoms. The number of anilines is 1. The SMILES string of the molecule is CCNc1nc(-c2cnccn2)c2sccc2n1. The van der Waals surface area contributed by atoms with Gasteiger partial charge < -0.3 is 5.32 Å². The van der Waals surface area contributed by atoms with E-state index in [1.54, 1.807) is 29.9 Å². The topological polar surface area (TPSA) is 63.6 Å². The summed E-state index contributed by atoms with van der Waals surface area (Å²) in [6.45, 7) is 2.80. The van der Waals surface area contributed by atoms with E-state index in [2.05, 4.69) is 25.3 Å². The second kappa shape index (κ2) is 4.66. The van der Waals surface area contributed by atoms with E-state index >= 15 is 0 Å². The van der Waals surface area contributed by atoms with Gasteiger partial charge in [0.25, 0.3) is 0 Å². The van der Waals surface area contributed by atoms with E-state index in [0.29, 0.717) is 5.95 Å². The van der Waals surface area contributed by atoms with Crippen molar-refractivity contribution < 1.29 is 0 Å². The molecule has 0 aromatic carbocycles. The number of hydrogen-bond donors (Lipinski definition) is 1. The van der Waals surface area contributed by atoms with Crippen LogP contribution >= 0.6 is 11.3 Å². The summed E-state index contributed by atoms with van der Waals surface area (Å²) >= 11 is 1.62. The van der Waals surface area contributed by atoms with Crippen LogP contribution in [-0.2, 0) is 0 Å². The van der Waals surface area contributed by atoms with Gasteiger partial charge in [-0.3, -0.25) is 9.97 Å². The van der Waals surface area contributed by atoms with Gasteiger partial charge in [-0.05, 0) is 18.4 Å². The third-order valence-corrected chi connectivity index (χ3v) is 3.35. The number of fused-ring (bicyclic) bond motifs is 1. The van der Waals surface area contributed by atoms with Crippen molar-refractivity contribution in [3.63, 3.8) is 0 Å². The molecule has 0 saturated carbocycles. The lowest BCUT2D eigenvalue weighted by Crippen LogP contribution is -2.03. The maximum Gasteiger partial charge on any atom is 0.223 e. The van der Waals surface area contributed by atoms with Crippen LogP contribution in [0.2, 0.25) is 0 Å². The van der Waals surface area contributed by atoms with Crippen LogP contribution in [0.5, 0.6) is 0 Å². The first-order chi connectivity index (χ1) is 8.88. The minimum Gasteiger partial charge on any atom is -0.354 e. The molecule has 3 rings (SSSR count). The Morgan fingerprint density at radius 1 is 1.28 bits per heavy atom. The van der Waals surface area contributed by atoms with Crippen molar-refractivity contribution in [3.8, 4) is 11.4 Å². The van der Waals surface area contributed by atoms with Crippen LogP contribution < -0.4 is 5.32 Å². The Bertz CT molecular complexity index is 665. The second-order valence-electron chi connectivity index (χ2n) is 3.65. The van der Waals surface area contributed by atoms with E-state index in [4.69, 9.17) is 0 Å². The van der Waals surface area contributed by atoms with E-state index in [9.17, 15) is 0 Å². The number of rotatable bonds is 3. The van der Waals surface area contributed by atoms with E-state index in [1.807, 2.05) is 18.4 Å². The summed E-state index contributed by atoms with van der Waals surface area (Å²) in [5, 5.41) is 5.14. The number of nitrogens with one attached hydrogen (secondary N) is 1. The maximum absolute atomic E-state index is 4.52. The standard InChI is InChI=1S/C12H11N5S/c1-2-14-12-16-8-3-6-18-11(8)10(17-12)9-7-13-4-5-15-9/h3-7H,2H2,1H3,(H,14,16,17). The van der Waals surface area contributed by atoms with Crippen molar-refractivity contribution in [1.82, 2.24) is 19.9 Å². The summed E-state index contributed by atoms with van der Waals surface area (Å²) in [7, 11) is 0. The molecule has 3 aromatic heterocycles. The van der Waals surface area contributed by atoms with Crippen LogP contribution in [-0.4, -0.2) is 26.5 Å². The molecule has 18 heavy (non-hydrogen) atoms. The predicted molar refractivity (Wildman–Crippen MR) is 72.6 cm³/mol. The van der Waals surface area contributed by atoms with Crippen molar-refractivity contribution in [2.24, 2.45) is 0 Å². The number of aromatic nitrogens is 4. The zero-order valence-corrected chi connectivity index (χ0v) is 10.6. The fourth-order valence-electron chi connectivity index (χ4n) is 1.70. The smallest absolute Gasteiger partial charge is 0.223 e. The first-order valence-corrected chi connectivity index (χ1v) is 6.52. The lowest BCUT2D eigenvalue weighted by molar-refractivity contribution is 1.10. The molecule has 0 radical (unpaired) electrons. The number of nitrogens with zero attached hydrogens (tertiary/aromatic N) is 4. The van der Waals surface area contributed by atoms with Crippen molar-refractivity contribution >= 4 is 27.5 Å². The van der Waals surface area contributed by atoms with Gasteiger partial charge in [-0.1, -0.05) is 0 Å². The van der Waals surface area contributed by atoms with Crippen molar-refractivity contribution in [3.05, 3.63) is 30.0 Å². The Morgan fingerprint density at radius 2 is 2.22 bits per heavy atom. The van der Waals surface area contributed by atoms with E-state index < -0.39 is 0 Å². The molecule has 0 fully saturated rings. The lowest BCUT2D eigenvalue weighted by atomic mass is 10.3. The highest BCUT2D eigenvalue weighted by atomic mass is 32.1. The molecule has 0 aliphatic rings. The third kappa shape index (κ3) is 1.91. The zero-order valence-electron chi connectivity index (χ0n) is 9.79. The minimum atomic E-state index is 0.629. The molecule has 5 nitrogen and oxygen atoms in total. The molecule has 90 valence electrons. The molecule has 0 aliphatic carbocycles. The summed E-state index contributed by atoms with van der Waals surface area (Å²) in [5.74, 6) is 0.629. The maximum atomic E-state index is 4.52. The first-order valence-electron chi connectivity index (χ1n) is 5.64. The number of thiophene rings is 1. The summed E-state index contributed by atoms with van der Waals surface area (Å²) in [6.07, 6.45) is 5.04. The van der Waals surface area contributed by atoms with Gasteiger partial charge >= 0.3 is 0 Å². The predicted octanol–water partition coefficient (Wildman–Crippen LogP) is 2.58. The van der Waals surface area contributed by atoms with Gasteiger partial charge in [0, 0.05) is 18.9 Å². The largest absolute Gasteiger partial charge is 0.354 e. The van der Waals surface area contributed by atoms with Gasteiger partial charge in [0.1, 0.15) is 11.4 Å². The first kappa shape index (κ1) is 11.0. The molecule has 0 bridgehead atoms. The van der Waals surface area contributed by atoms with Gasteiger partial charge in [-0.2, -0.15) is 0 Å². The fraction of sp³-hybridized carbons (Fsp3) is 0.167. The Hall–Kier alpha value is -2.08. The highest BCUT2D eigenvalue weighted by molar-refractivity contribution is 7.17. The minimum absolute atomic E-state index is 0.629. The van der Waals surface area contributed by atoms with Crippen molar-refractivity contribution in [2.75, 3.05) is 11.9 Å². The molecule has 0 saturated heterocycles. The molecule has 3 aromatic rings. The Morgan fingerprint density at radius 3 is 3.00 bits per heavy atom. The summed E-state index contributed by atoms with van der Waals surface area (Å²) in [5.41, 5.74) is 2.54. The van der Waals surface area contributed by atoms with Gasteiger partial charge in [0.05, 0.1) is 16.4 Å². The highest BCUT2D eigenvalue weighted by Crippen LogP contribution is 2.29. The van der Waals surface area contributed by atoms with E-state index in [1.165, 1.54) is 0 Å². The Kier molecular flexibility index (Phi) is 2.85. The Balaban J connectivity index is 2.23. The van der Waals surface area contributed by atoms with Crippen LogP contribution in [0.4, 0.5) is 5.95 Å². The molecule has 0 amide bonds. The van der Waals surface area contributed by atoms with Crippen molar-refractivity contribution in [1.29, 1.82) is 0 Å². The van der Waals surface area contributed by atoms with Gasteiger partial charge in [-0.15, -0.1) is 11.3 Å². The van der Waals surface area contributed by atoms with Crippen LogP contribution in [0, 0.1) is 0 Å². The number of hydrogen-bond acceptors (Lipinski definition) is 6. The van der Waals surface area contributed by atoms with E-state index in [0.717, 1.165) is 28.1 Å². The highest BCUT2D eigenvalue weighted by Gasteiger charge is 2.11. The monoisotopic (exact) mass is 257 g/mol. The molecular weight excluding hydrogens is 246 g/mol. The van der Waals surface area contributed by atoms with Crippen LogP contribution in [0.25, 0.3) is 21.6 Å². The summed E-state index contributed by atoms with van der Waals surface area (Å²) in [4.78, 5) is 17.4. The van der Waals surface area contributed by atoms with E-state index in [-0.39, 0.29) is 0 Å². The molecule has 0 spiro atoms. The van der Waals surface area contributed by atoms with Gasteiger partial charge in [-0.25, -0.2) is 9.97 Å². The van der Waals surface area contributed by atoms with Crippen LogP contribution in [0.15, 0.2) is 30.0 Å². The molecule has 0 unspecified atom stereocenters. The molecular formula is C12H11N5S. The van der Waals surface area contributed by atoms with Gasteiger partial charge in [0.15, 0.2) is 0 Å². The quantitative estimate of drug-likeness (QED) is 0.781. The molecule has 3 heterocycles. The average Bonchev–Trinajstić information content (AvgIpc) is 2.87. The normalized spacial score (nSPS) is 10.7. The Labute approximate surface area is 108 Å². The lowest BCUT2D eigenvalue weighted by Gasteiger charge is -2.05. The zero-order chi connectivity index (χ0) is 12.4.